The molecule has 0 aliphatic carbocycles. The normalized spacial score (nSPS) is 17.5. The van der Waals surface area contributed by atoms with Crippen LogP contribution in [0.25, 0.3) is 0 Å². The number of amides is 2. The standard InChI is InChI=1S/C22H17ClN2O4/c1-22(21(27)25-18-13-14(23)7-12-19(18)29-22)20(26)24-15-8-10-17(11-9-15)28-16-5-3-2-4-6-16/h2-13H,1H3,(H,24,26)(H,25,27). The maximum Gasteiger partial charge on any atom is 0.278 e. The number of hydrogen-bond donors (Lipinski definition) is 2. The van der Waals surface area contributed by atoms with E-state index in [4.69, 9.17) is 21.1 Å². The fourth-order valence-corrected chi connectivity index (χ4v) is 3.00. The highest BCUT2D eigenvalue weighted by Gasteiger charge is 2.47. The summed E-state index contributed by atoms with van der Waals surface area (Å²) in [6.45, 7) is 1.42. The van der Waals surface area contributed by atoms with Gasteiger partial charge in [0.25, 0.3) is 17.4 Å². The van der Waals surface area contributed by atoms with E-state index in [0.717, 1.165) is 0 Å². The number of rotatable bonds is 4. The van der Waals surface area contributed by atoms with Gasteiger partial charge in [0.15, 0.2) is 0 Å². The molecule has 3 aromatic carbocycles. The molecule has 0 aromatic heterocycles. The average Bonchev–Trinajstić information content (AvgIpc) is 2.71. The van der Waals surface area contributed by atoms with Crippen molar-refractivity contribution in [3.8, 4) is 17.2 Å². The van der Waals surface area contributed by atoms with Crippen LogP contribution in [-0.2, 0) is 9.59 Å². The Morgan fingerprint density at radius 1 is 1.03 bits per heavy atom. The molecule has 0 saturated carbocycles. The van der Waals surface area contributed by atoms with E-state index in [2.05, 4.69) is 10.6 Å². The Hall–Kier alpha value is -3.51. The molecule has 3 aromatic rings. The lowest BCUT2D eigenvalue weighted by atomic mass is 10.0. The molecule has 7 heteroatoms. The summed E-state index contributed by atoms with van der Waals surface area (Å²) in [5, 5.41) is 5.83. The number of anilines is 2. The average molecular weight is 409 g/mol. The van der Waals surface area contributed by atoms with Crippen LogP contribution in [0.4, 0.5) is 11.4 Å². The third kappa shape index (κ3) is 3.88. The first kappa shape index (κ1) is 18.8. The molecule has 1 heterocycles. The van der Waals surface area contributed by atoms with Crippen molar-refractivity contribution in [2.75, 3.05) is 10.6 Å². The van der Waals surface area contributed by atoms with Gasteiger partial charge in [0.05, 0.1) is 5.69 Å². The monoisotopic (exact) mass is 408 g/mol. The number of fused-ring (bicyclic) bond motifs is 1. The van der Waals surface area contributed by atoms with Gasteiger partial charge in [-0.05, 0) is 61.5 Å². The molecular formula is C22H17ClN2O4. The van der Waals surface area contributed by atoms with Crippen molar-refractivity contribution >= 4 is 34.8 Å². The van der Waals surface area contributed by atoms with Crippen LogP contribution in [0.1, 0.15) is 6.92 Å². The van der Waals surface area contributed by atoms with E-state index in [1.165, 1.54) is 6.92 Å². The first-order valence-electron chi connectivity index (χ1n) is 8.88. The Bertz CT molecular complexity index is 1070. The molecule has 1 atom stereocenters. The van der Waals surface area contributed by atoms with E-state index in [9.17, 15) is 9.59 Å². The minimum atomic E-state index is -1.72. The fourth-order valence-electron chi connectivity index (χ4n) is 2.83. The number of carbonyl (C=O) groups excluding carboxylic acids is 2. The van der Waals surface area contributed by atoms with E-state index < -0.39 is 17.4 Å². The minimum Gasteiger partial charge on any atom is -0.466 e. The van der Waals surface area contributed by atoms with Gasteiger partial charge in [0.1, 0.15) is 17.2 Å². The third-order valence-corrected chi connectivity index (χ3v) is 4.70. The smallest absolute Gasteiger partial charge is 0.278 e. The van der Waals surface area contributed by atoms with Gasteiger partial charge in [0, 0.05) is 10.7 Å². The molecule has 1 aliphatic heterocycles. The lowest BCUT2D eigenvalue weighted by Crippen LogP contribution is -2.56. The Morgan fingerprint density at radius 2 is 1.72 bits per heavy atom. The molecule has 0 bridgehead atoms. The van der Waals surface area contributed by atoms with Crippen molar-refractivity contribution in [2.45, 2.75) is 12.5 Å². The summed E-state index contributed by atoms with van der Waals surface area (Å²) in [6, 6.07) is 21.0. The second-order valence-electron chi connectivity index (χ2n) is 6.62. The minimum absolute atomic E-state index is 0.373. The number of carbonyl (C=O) groups is 2. The molecule has 1 aliphatic rings. The zero-order valence-corrected chi connectivity index (χ0v) is 16.2. The van der Waals surface area contributed by atoms with Crippen molar-refractivity contribution in [1.82, 2.24) is 0 Å². The molecule has 2 N–H and O–H groups in total. The number of hydrogen-bond acceptors (Lipinski definition) is 4. The number of halogens is 1. The van der Waals surface area contributed by atoms with Crippen molar-refractivity contribution in [3.63, 3.8) is 0 Å². The van der Waals surface area contributed by atoms with Gasteiger partial charge >= 0.3 is 0 Å². The first-order chi connectivity index (χ1) is 13.9. The number of benzene rings is 3. The number of ether oxygens (including phenoxy) is 2. The summed E-state index contributed by atoms with van der Waals surface area (Å²) in [6.07, 6.45) is 0. The second kappa shape index (κ2) is 7.48. The Morgan fingerprint density at radius 3 is 2.45 bits per heavy atom. The molecular weight excluding hydrogens is 392 g/mol. The molecule has 1 unspecified atom stereocenters. The topological polar surface area (TPSA) is 76.7 Å². The van der Waals surface area contributed by atoms with E-state index >= 15 is 0 Å². The largest absolute Gasteiger partial charge is 0.466 e. The van der Waals surface area contributed by atoms with E-state index in [1.54, 1.807) is 42.5 Å². The molecule has 2 amide bonds. The Kier molecular flexibility index (Phi) is 4.86. The van der Waals surface area contributed by atoms with E-state index in [-0.39, 0.29) is 0 Å². The molecule has 6 nitrogen and oxygen atoms in total. The van der Waals surface area contributed by atoms with Crippen molar-refractivity contribution in [3.05, 3.63) is 77.8 Å². The van der Waals surface area contributed by atoms with Crippen molar-refractivity contribution in [2.24, 2.45) is 0 Å². The lowest BCUT2D eigenvalue weighted by molar-refractivity contribution is -0.143. The first-order valence-corrected chi connectivity index (χ1v) is 9.26. The molecule has 4 rings (SSSR count). The summed E-state index contributed by atoms with van der Waals surface area (Å²) < 4.78 is 11.4. The molecule has 0 saturated heterocycles. The van der Waals surface area contributed by atoms with Crippen LogP contribution in [0.15, 0.2) is 72.8 Å². The second-order valence-corrected chi connectivity index (χ2v) is 7.06. The van der Waals surface area contributed by atoms with E-state index in [1.807, 2.05) is 30.3 Å². The number of nitrogens with one attached hydrogen (secondary N) is 2. The Labute approximate surface area is 172 Å². The van der Waals surface area contributed by atoms with Gasteiger partial charge in [-0.1, -0.05) is 29.8 Å². The van der Waals surface area contributed by atoms with Gasteiger partial charge in [-0.25, -0.2) is 0 Å². The van der Waals surface area contributed by atoms with Crippen LogP contribution in [0, 0.1) is 0 Å². The maximum absolute atomic E-state index is 12.8. The van der Waals surface area contributed by atoms with Crippen LogP contribution in [0.3, 0.4) is 0 Å². The summed E-state index contributed by atoms with van der Waals surface area (Å²) in [4.78, 5) is 25.3. The Balaban J connectivity index is 1.47. The highest BCUT2D eigenvalue weighted by Crippen LogP contribution is 2.36. The SMILES string of the molecule is CC1(C(=O)Nc2ccc(Oc3ccccc3)cc2)Oc2ccc(Cl)cc2NC1=O. The predicted molar refractivity (Wildman–Crippen MR) is 111 cm³/mol. The van der Waals surface area contributed by atoms with E-state index in [0.29, 0.717) is 33.6 Å². The molecule has 0 fully saturated rings. The van der Waals surface area contributed by atoms with Crippen LogP contribution in [0.5, 0.6) is 17.2 Å². The highest BCUT2D eigenvalue weighted by molar-refractivity contribution is 6.31. The van der Waals surface area contributed by atoms with Gasteiger partial charge in [-0.3, -0.25) is 9.59 Å². The zero-order chi connectivity index (χ0) is 20.4. The van der Waals surface area contributed by atoms with Crippen LogP contribution < -0.4 is 20.1 Å². The fraction of sp³-hybridized carbons (Fsp3) is 0.0909. The molecule has 29 heavy (non-hydrogen) atoms. The van der Waals surface area contributed by atoms with Crippen LogP contribution >= 0.6 is 11.6 Å². The third-order valence-electron chi connectivity index (χ3n) is 4.46. The zero-order valence-electron chi connectivity index (χ0n) is 15.4. The van der Waals surface area contributed by atoms with Gasteiger partial charge < -0.3 is 20.1 Å². The summed E-state index contributed by atoms with van der Waals surface area (Å²) in [7, 11) is 0. The van der Waals surface area contributed by atoms with Crippen LogP contribution in [0.2, 0.25) is 5.02 Å². The summed E-state index contributed by atoms with van der Waals surface area (Å²) >= 11 is 5.93. The summed E-state index contributed by atoms with van der Waals surface area (Å²) in [5.41, 5.74) is -0.787. The highest BCUT2D eigenvalue weighted by atomic mass is 35.5. The molecule has 0 spiro atoms. The maximum atomic E-state index is 12.8. The molecule has 146 valence electrons. The van der Waals surface area contributed by atoms with Gasteiger partial charge in [-0.15, -0.1) is 0 Å². The van der Waals surface area contributed by atoms with Gasteiger partial charge in [-0.2, -0.15) is 0 Å². The predicted octanol–water partition coefficient (Wildman–Crippen LogP) is 4.86. The number of para-hydroxylation sites is 1. The quantitative estimate of drug-likeness (QED) is 0.604. The van der Waals surface area contributed by atoms with Crippen molar-refractivity contribution in [1.29, 1.82) is 0 Å². The summed E-state index contributed by atoms with van der Waals surface area (Å²) in [5.74, 6) is 0.542. The van der Waals surface area contributed by atoms with Crippen molar-refractivity contribution < 1.29 is 19.1 Å². The van der Waals surface area contributed by atoms with Gasteiger partial charge in [0.2, 0.25) is 0 Å². The van der Waals surface area contributed by atoms with Crippen LogP contribution in [-0.4, -0.2) is 17.4 Å². The molecule has 0 radical (unpaired) electrons. The lowest BCUT2D eigenvalue weighted by Gasteiger charge is -2.33.